The molecule has 1 aliphatic heterocycles. The van der Waals surface area contributed by atoms with E-state index in [0.29, 0.717) is 5.69 Å². The second-order valence-electron chi connectivity index (χ2n) is 6.69. The molecule has 3 heterocycles. The van der Waals surface area contributed by atoms with Crippen LogP contribution in [-0.2, 0) is 0 Å². The fourth-order valence-corrected chi connectivity index (χ4v) is 5.07. The lowest BCUT2D eigenvalue weighted by molar-refractivity contribution is 0.0675. The van der Waals surface area contributed by atoms with E-state index in [9.17, 15) is 4.79 Å². The van der Waals surface area contributed by atoms with Gasteiger partial charge in [0.05, 0.1) is 13.2 Å². The quantitative estimate of drug-likeness (QED) is 0.571. The summed E-state index contributed by atoms with van der Waals surface area (Å²) in [5.74, 6) is 0.876. The van der Waals surface area contributed by atoms with Crippen molar-refractivity contribution >= 4 is 28.6 Å². The highest BCUT2D eigenvalue weighted by Crippen LogP contribution is 2.33. The van der Waals surface area contributed by atoms with Gasteiger partial charge in [-0.15, -0.1) is 11.3 Å². The van der Waals surface area contributed by atoms with Crippen LogP contribution in [0, 0.1) is 0 Å². The van der Waals surface area contributed by atoms with Crippen LogP contribution in [0.5, 0.6) is 5.75 Å². The average Bonchev–Trinajstić information content (AvgIpc) is 3.35. The maximum absolute atomic E-state index is 13.3. The van der Waals surface area contributed by atoms with Gasteiger partial charge in [0, 0.05) is 22.9 Å². The molecule has 2 aromatic heterocycles. The molecule has 27 heavy (non-hydrogen) atoms. The molecule has 0 spiro atoms. The first kappa shape index (κ1) is 18.2. The summed E-state index contributed by atoms with van der Waals surface area (Å²) in [5.41, 5.74) is 2.81. The summed E-state index contributed by atoms with van der Waals surface area (Å²) >= 11 is 3.18. The lowest BCUT2D eigenvalue weighted by atomic mass is 10.0. The van der Waals surface area contributed by atoms with Crippen LogP contribution < -0.4 is 4.74 Å². The number of amides is 1. The summed E-state index contributed by atoms with van der Waals surface area (Å²) in [7, 11) is 1.67. The molecule has 0 saturated carbocycles. The number of ether oxygens (including phenoxy) is 1. The molecule has 4 rings (SSSR count). The third-order valence-corrected chi connectivity index (χ3v) is 6.58. The van der Waals surface area contributed by atoms with Gasteiger partial charge in [0.25, 0.3) is 5.91 Å². The minimum absolute atomic E-state index is 0.0375. The molecule has 0 bridgehead atoms. The van der Waals surface area contributed by atoms with Gasteiger partial charge in [-0.05, 0) is 42.0 Å². The predicted molar refractivity (Wildman–Crippen MR) is 111 cm³/mol. The molecular weight excluding hydrogens is 376 g/mol. The zero-order valence-corrected chi connectivity index (χ0v) is 16.9. The molecule has 1 atom stereocenters. The van der Waals surface area contributed by atoms with E-state index in [0.717, 1.165) is 48.5 Å². The Morgan fingerprint density at radius 3 is 2.74 bits per heavy atom. The number of thiophene rings is 1. The number of hydrogen-bond acceptors (Lipinski definition) is 5. The smallest absolute Gasteiger partial charge is 0.273 e. The summed E-state index contributed by atoms with van der Waals surface area (Å²) in [6.07, 6.45) is 4.32. The maximum atomic E-state index is 13.3. The third-order valence-electron chi connectivity index (χ3n) is 5.01. The fraction of sp³-hybridized carbons (Fsp3) is 0.333. The highest BCUT2D eigenvalue weighted by Gasteiger charge is 2.29. The van der Waals surface area contributed by atoms with Crippen LogP contribution in [0.15, 0.2) is 46.5 Å². The van der Waals surface area contributed by atoms with Gasteiger partial charge in [-0.25, -0.2) is 4.98 Å². The first-order chi connectivity index (χ1) is 13.3. The van der Waals surface area contributed by atoms with Gasteiger partial charge in [0.15, 0.2) is 0 Å². The summed E-state index contributed by atoms with van der Waals surface area (Å²) in [6.45, 7) is 0.779. The number of methoxy groups -OCH3 is 1. The van der Waals surface area contributed by atoms with Gasteiger partial charge in [0.1, 0.15) is 16.5 Å². The van der Waals surface area contributed by atoms with E-state index >= 15 is 0 Å². The zero-order chi connectivity index (χ0) is 18.6. The van der Waals surface area contributed by atoms with Crippen LogP contribution in [0.1, 0.15) is 47.8 Å². The molecular formula is C21H22N2O2S2. The summed E-state index contributed by atoms with van der Waals surface area (Å²) in [6, 6.07) is 10.2. The van der Waals surface area contributed by atoms with Crippen molar-refractivity contribution < 1.29 is 9.53 Å². The first-order valence-corrected chi connectivity index (χ1v) is 11.0. The zero-order valence-electron chi connectivity index (χ0n) is 15.3. The highest BCUT2D eigenvalue weighted by atomic mass is 32.1. The molecule has 1 saturated heterocycles. The van der Waals surface area contributed by atoms with Crippen molar-refractivity contribution in [1.82, 2.24) is 9.88 Å². The van der Waals surface area contributed by atoms with E-state index in [4.69, 9.17) is 4.74 Å². The van der Waals surface area contributed by atoms with E-state index in [1.807, 2.05) is 33.9 Å². The summed E-state index contributed by atoms with van der Waals surface area (Å²) in [4.78, 5) is 19.9. The number of carbonyl (C=O) groups is 1. The second kappa shape index (κ2) is 8.23. The van der Waals surface area contributed by atoms with Crippen LogP contribution in [0.4, 0.5) is 0 Å². The van der Waals surface area contributed by atoms with Gasteiger partial charge in [-0.1, -0.05) is 25.0 Å². The fourth-order valence-electron chi connectivity index (χ4n) is 3.56. The van der Waals surface area contributed by atoms with Crippen LogP contribution in [-0.4, -0.2) is 29.4 Å². The van der Waals surface area contributed by atoms with Crippen LogP contribution in [0.25, 0.3) is 10.6 Å². The number of aromatic nitrogens is 1. The van der Waals surface area contributed by atoms with Crippen LogP contribution >= 0.6 is 22.7 Å². The predicted octanol–water partition coefficient (Wildman–Crippen LogP) is 5.64. The molecule has 0 N–H and O–H groups in total. The Morgan fingerprint density at radius 2 is 2.00 bits per heavy atom. The Bertz CT molecular complexity index is 887. The van der Waals surface area contributed by atoms with E-state index in [2.05, 4.69) is 22.5 Å². The lowest BCUT2D eigenvalue weighted by Gasteiger charge is -2.30. The minimum Gasteiger partial charge on any atom is -0.497 e. The number of nitrogens with zero attached hydrogens (tertiary/aromatic N) is 2. The number of likely N-dealkylation sites (tertiary alicyclic amines) is 1. The lowest BCUT2D eigenvalue weighted by Crippen LogP contribution is -2.35. The topological polar surface area (TPSA) is 42.4 Å². The monoisotopic (exact) mass is 398 g/mol. The van der Waals surface area contributed by atoms with Crippen molar-refractivity contribution in [1.29, 1.82) is 0 Å². The standard InChI is InChI=1S/C21H22N2O2S2/c1-25-17-8-6-15(7-9-17)19-5-3-2-4-11-23(19)21(24)18-14-27-20(22-18)16-10-12-26-13-16/h6-10,12-14,19H,2-5,11H2,1H3/t19-/m1/s1. The molecule has 1 fully saturated rings. The first-order valence-electron chi connectivity index (χ1n) is 9.19. The molecule has 0 radical (unpaired) electrons. The third kappa shape index (κ3) is 3.92. The maximum Gasteiger partial charge on any atom is 0.273 e. The summed E-state index contributed by atoms with van der Waals surface area (Å²) < 4.78 is 5.27. The Labute approximate surface area is 167 Å². The van der Waals surface area contributed by atoms with Crippen molar-refractivity contribution in [2.24, 2.45) is 0 Å². The Hall–Kier alpha value is -2.18. The van der Waals surface area contributed by atoms with Gasteiger partial charge < -0.3 is 9.64 Å². The number of rotatable bonds is 4. The van der Waals surface area contributed by atoms with Crippen molar-refractivity contribution in [3.8, 4) is 16.3 Å². The Kier molecular flexibility index (Phi) is 5.55. The van der Waals surface area contributed by atoms with Crippen molar-refractivity contribution in [3.63, 3.8) is 0 Å². The molecule has 1 amide bonds. The molecule has 1 aromatic carbocycles. The van der Waals surface area contributed by atoms with Crippen molar-refractivity contribution in [2.75, 3.05) is 13.7 Å². The van der Waals surface area contributed by atoms with Crippen LogP contribution in [0.2, 0.25) is 0 Å². The SMILES string of the molecule is COc1ccc([C@H]2CCCCCN2C(=O)c2csc(-c3ccsc3)n2)cc1. The van der Waals surface area contributed by atoms with Crippen LogP contribution in [0.3, 0.4) is 0 Å². The molecule has 0 aliphatic carbocycles. The molecule has 1 aliphatic rings. The Morgan fingerprint density at radius 1 is 1.15 bits per heavy atom. The molecule has 4 nitrogen and oxygen atoms in total. The van der Waals surface area contributed by atoms with Gasteiger partial charge in [-0.2, -0.15) is 11.3 Å². The van der Waals surface area contributed by atoms with E-state index < -0.39 is 0 Å². The average molecular weight is 399 g/mol. The van der Waals surface area contributed by atoms with Crippen molar-refractivity contribution in [2.45, 2.75) is 31.7 Å². The molecule has 6 heteroatoms. The normalized spacial score (nSPS) is 17.5. The number of carbonyl (C=O) groups excluding carboxylic acids is 1. The summed E-state index contributed by atoms with van der Waals surface area (Å²) in [5, 5.41) is 6.91. The van der Waals surface area contributed by atoms with Gasteiger partial charge in [-0.3, -0.25) is 4.79 Å². The molecule has 0 unspecified atom stereocenters. The van der Waals surface area contributed by atoms with E-state index in [1.54, 1.807) is 18.4 Å². The van der Waals surface area contributed by atoms with E-state index in [1.165, 1.54) is 16.9 Å². The van der Waals surface area contributed by atoms with Gasteiger partial charge in [0.2, 0.25) is 0 Å². The Balaban J connectivity index is 1.60. The highest BCUT2D eigenvalue weighted by molar-refractivity contribution is 7.14. The minimum atomic E-state index is 0.0375. The molecule has 140 valence electrons. The number of benzene rings is 1. The number of thiazole rings is 1. The largest absolute Gasteiger partial charge is 0.497 e. The van der Waals surface area contributed by atoms with Crippen molar-refractivity contribution in [3.05, 3.63) is 57.7 Å². The van der Waals surface area contributed by atoms with Gasteiger partial charge >= 0.3 is 0 Å². The number of hydrogen-bond donors (Lipinski definition) is 0. The van der Waals surface area contributed by atoms with E-state index in [-0.39, 0.29) is 11.9 Å². The molecule has 3 aromatic rings. The second-order valence-corrected chi connectivity index (χ2v) is 8.32.